The molecular formula is C12H15BrClNO. The Labute approximate surface area is 109 Å². The fourth-order valence-electron chi connectivity index (χ4n) is 1.88. The minimum Gasteiger partial charge on any atom is -0.381 e. The molecule has 1 aromatic rings. The monoisotopic (exact) mass is 303 g/mol. The summed E-state index contributed by atoms with van der Waals surface area (Å²) in [6.07, 6.45) is 3.33. The molecule has 1 atom stereocenters. The molecule has 1 unspecified atom stereocenters. The number of hydrogen-bond donors (Lipinski definition) is 1. The Kier molecular flexibility index (Phi) is 4.50. The average Bonchev–Trinajstić information content (AvgIpc) is 2.53. The first-order valence-electron chi connectivity index (χ1n) is 5.55. The molecule has 4 heteroatoms. The molecular weight excluding hydrogens is 289 g/mol. The fraction of sp³-hybridized carbons (Fsp3) is 0.500. The van der Waals surface area contributed by atoms with Crippen LogP contribution in [0.5, 0.6) is 0 Å². The van der Waals surface area contributed by atoms with Gasteiger partial charge < -0.3 is 10.1 Å². The van der Waals surface area contributed by atoms with E-state index in [1.54, 1.807) is 0 Å². The molecule has 2 nitrogen and oxygen atoms in total. The molecule has 0 spiro atoms. The zero-order chi connectivity index (χ0) is 11.4. The van der Waals surface area contributed by atoms with Gasteiger partial charge in [-0.2, -0.15) is 0 Å². The first kappa shape index (κ1) is 12.2. The van der Waals surface area contributed by atoms with Gasteiger partial charge in [0.05, 0.1) is 15.2 Å². The number of anilines is 1. The topological polar surface area (TPSA) is 21.3 Å². The van der Waals surface area contributed by atoms with Crippen molar-refractivity contribution in [1.29, 1.82) is 0 Å². The Morgan fingerprint density at radius 3 is 3.06 bits per heavy atom. The van der Waals surface area contributed by atoms with Crippen LogP contribution in [0.3, 0.4) is 0 Å². The zero-order valence-corrected chi connectivity index (χ0v) is 11.4. The van der Waals surface area contributed by atoms with Gasteiger partial charge in [0, 0.05) is 19.3 Å². The molecule has 16 heavy (non-hydrogen) atoms. The highest BCUT2D eigenvalue weighted by molar-refractivity contribution is 9.10. The second kappa shape index (κ2) is 5.89. The van der Waals surface area contributed by atoms with Gasteiger partial charge in [0.1, 0.15) is 0 Å². The summed E-state index contributed by atoms with van der Waals surface area (Å²) in [6, 6.07) is 6.37. The number of ether oxygens (including phenoxy) is 1. The van der Waals surface area contributed by atoms with Crippen molar-refractivity contribution < 1.29 is 4.74 Å². The van der Waals surface area contributed by atoms with E-state index in [-0.39, 0.29) is 0 Å². The molecule has 0 aromatic heterocycles. The number of nitrogens with one attached hydrogen (secondary N) is 1. The normalized spacial score (nSPS) is 21.5. The Balaban J connectivity index is 2.04. The number of hydrogen-bond acceptors (Lipinski definition) is 2. The number of rotatable bonds is 2. The molecule has 1 aliphatic rings. The summed E-state index contributed by atoms with van der Waals surface area (Å²) >= 11 is 9.55. The smallest absolute Gasteiger partial charge is 0.0593 e. The van der Waals surface area contributed by atoms with Crippen molar-refractivity contribution in [1.82, 2.24) is 0 Å². The van der Waals surface area contributed by atoms with Crippen LogP contribution in [-0.2, 0) is 4.74 Å². The van der Waals surface area contributed by atoms with Gasteiger partial charge in [-0.1, -0.05) is 17.7 Å². The molecule has 0 aliphatic carbocycles. The summed E-state index contributed by atoms with van der Waals surface area (Å²) in [5.41, 5.74) is 1.07. The van der Waals surface area contributed by atoms with Gasteiger partial charge >= 0.3 is 0 Å². The lowest BCUT2D eigenvalue weighted by atomic mass is 10.1. The second-order valence-corrected chi connectivity index (χ2v) is 5.19. The first-order valence-corrected chi connectivity index (χ1v) is 6.73. The van der Waals surface area contributed by atoms with E-state index in [9.17, 15) is 0 Å². The highest BCUT2D eigenvalue weighted by Gasteiger charge is 2.13. The van der Waals surface area contributed by atoms with E-state index in [0.29, 0.717) is 6.04 Å². The van der Waals surface area contributed by atoms with E-state index >= 15 is 0 Å². The molecule has 1 aromatic carbocycles. The third-order valence-corrected chi connectivity index (χ3v) is 4.16. The summed E-state index contributed by atoms with van der Waals surface area (Å²) in [5.74, 6) is 0. The van der Waals surface area contributed by atoms with E-state index in [4.69, 9.17) is 16.3 Å². The third-order valence-electron chi connectivity index (χ3n) is 2.76. The molecule has 0 saturated carbocycles. The summed E-state index contributed by atoms with van der Waals surface area (Å²) in [4.78, 5) is 0. The van der Waals surface area contributed by atoms with Crippen molar-refractivity contribution in [2.75, 3.05) is 18.5 Å². The number of benzene rings is 1. The van der Waals surface area contributed by atoms with Crippen LogP contribution in [0.4, 0.5) is 5.69 Å². The fourth-order valence-corrected chi connectivity index (χ4v) is 2.44. The van der Waals surface area contributed by atoms with Crippen LogP contribution in [0.15, 0.2) is 22.7 Å². The van der Waals surface area contributed by atoms with Crippen LogP contribution in [0.1, 0.15) is 19.3 Å². The van der Waals surface area contributed by atoms with Crippen LogP contribution >= 0.6 is 27.5 Å². The molecule has 1 saturated heterocycles. The van der Waals surface area contributed by atoms with E-state index in [2.05, 4.69) is 21.2 Å². The Hall–Kier alpha value is -0.250. The Morgan fingerprint density at radius 2 is 2.19 bits per heavy atom. The lowest BCUT2D eigenvalue weighted by Crippen LogP contribution is -2.19. The van der Waals surface area contributed by atoms with Crippen molar-refractivity contribution in [2.24, 2.45) is 0 Å². The van der Waals surface area contributed by atoms with E-state index in [0.717, 1.165) is 47.7 Å². The lowest BCUT2D eigenvalue weighted by molar-refractivity contribution is 0.144. The quantitative estimate of drug-likeness (QED) is 0.889. The Bertz CT molecular complexity index is 351. The van der Waals surface area contributed by atoms with Crippen LogP contribution < -0.4 is 5.32 Å². The third kappa shape index (κ3) is 3.12. The van der Waals surface area contributed by atoms with Gasteiger partial charge in [0.2, 0.25) is 0 Å². The summed E-state index contributed by atoms with van der Waals surface area (Å²) < 4.78 is 6.38. The van der Waals surface area contributed by atoms with E-state index in [1.165, 1.54) is 0 Å². The molecule has 1 aliphatic heterocycles. The lowest BCUT2D eigenvalue weighted by Gasteiger charge is -2.18. The van der Waals surface area contributed by atoms with Crippen molar-refractivity contribution in [3.05, 3.63) is 27.7 Å². The highest BCUT2D eigenvalue weighted by atomic mass is 79.9. The maximum Gasteiger partial charge on any atom is 0.0593 e. The molecule has 0 amide bonds. The molecule has 1 heterocycles. The zero-order valence-electron chi connectivity index (χ0n) is 9.01. The first-order chi connectivity index (χ1) is 7.77. The SMILES string of the molecule is Clc1cccc(NC2CCCOCC2)c1Br. The molecule has 88 valence electrons. The molecule has 2 rings (SSSR count). The maximum absolute atomic E-state index is 6.05. The summed E-state index contributed by atoms with van der Waals surface area (Å²) in [6.45, 7) is 1.73. The highest BCUT2D eigenvalue weighted by Crippen LogP contribution is 2.31. The van der Waals surface area contributed by atoms with Gasteiger partial charge in [-0.25, -0.2) is 0 Å². The maximum atomic E-state index is 6.05. The molecule has 1 fully saturated rings. The minimum absolute atomic E-state index is 0.484. The largest absolute Gasteiger partial charge is 0.381 e. The van der Waals surface area contributed by atoms with Crippen molar-refractivity contribution >= 4 is 33.2 Å². The number of halogens is 2. The van der Waals surface area contributed by atoms with Crippen molar-refractivity contribution in [3.63, 3.8) is 0 Å². The van der Waals surface area contributed by atoms with Crippen molar-refractivity contribution in [2.45, 2.75) is 25.3 Å². The van der Waals surface area contributed by atoms with Crippen LogP contribution in [0.25, 0.3) is 0 Å². The second-order valence-electron chi connectivity index (χ2n) is 3.99. The van der Waals surface area contributed by atoms with Gasteiger partial charge in [0.25, 0.3) is 0 Å². The van der Waals surface area contributed by atoms with Crippen LogP contribution in [0, 0.1) is 0 Å². The van der Waals surface area contributed by atoms with Crippen molar-refractivity contribution in [3.8, 4) is 0 Å². The van der Waals surface area contributed by atoms with Crippen LogP contribution in [0.2, 0.25) is 5.02 Å². The minimum atomic E-state index is 0.484. The average molecular weight is 305 g/mol. The molecule has 0 bridgehead atoms. The molecule has 1 N–H and O–H groups in total. The predicted molar refractivity (Wildman–Crippen MR) is 71.2 cm³/mol. The van der Waals surface area contributed by atoms with E-state index < -0.39 is 0 Å². The van der Waals surface area contributed by atoms with Gasteiger partial charge in [-0.3, -0.25) is 0 Å². The Morgan fingerprint density at radius 1 is 1.31 bits per heavy atom. The summed E-state index contributed by atoms with van der Waals surface area (Å²) in [5, 5.41) is 4.26. The van der Waals surface area contributed by atoms with E-state index in [1.807, 2.05) is 18.2 Å². The van der Waals surface area contributed by atoms with Gasteiger partial charge in [-0.15, -0.1) is 0 Å². The predicted octanol–water partition coefficient (Wildman–Crippen LogP) is 4.08. The van der Waals surface area contributed by atoms with Gasteiger partial charge in [-0.05, 0) is 47.3 Å². The standard InChI is InChI=1S/C12H15BrClNO/c13-12-10(14)4-1-5-11(12)15-9-3-2-7-16-8-6-9/h1,4-5,9,15H,2-3,6-8H2. The summed E-state index contributed by atoms with van der Waals surface area (Å²) in [7, 11) is 0. The van der Waals surface area contributed by atoms with Gasteiger partial charge in [0.15, 0.2) is 0 Å². The molecule has 0 radical (unpaired) electrons. The van der Waals surface area contributed by atoms with Crippen LogP contribution in [-0.4, -0.2) is 19.3 Å².